The Labute approximate surface area is 168 Å². The summed E-state index contributed by atoms with van der Waals surface area (Å²) in [6, 6.07) is 0. The highest BCUT2D eigenvalue weighted by atomic mass is 32.2. The predicted molar refractivity (Wildman–Crippen MR) is 97.6 cm³/mol. The summed E-state index contributed by atoms with van der Waals surface area (Å²) in [4.78, 5) is 24.6. The van der Waals surface area contributed by atoms with Gasteiger partial charge in [-0.2, -0.15) is 8.42 Å². The first-order chi connectivity index (χ1) is 13.3. The van der Waals surface area contributed by atoms with Crippen molar-refractivity contribution in [2.24, 2.45) is 23.7 Å². The molecule has 0 amide bonds. The number of carbonyl (C=O) groups excluding carboxylic acids is 2. The van der Waals surface area contributed by atoms with E-state index in [0.717, 1.165) is 19.3 Å². The molecule has 4 aliphatic carbocycles. The lowest BCUT2D eigenvalue weighted by molar-refractivity contribution is -0.199. The molecule has 10 heteroatoms. The molecule has 4 rings (SSSR count). The third-order valence-corrected chi connectivity index (χ3v) is 7.04. The second-order valence-corrected chi connectivity index (χ2v) is 10.3. The molecule has 29 heavy (non-hydrogen) atoms. The predicted octanol–water partition coefficient (Wildman–Crippen LogP) is 2.76. The molecule has 4 aliphatic rings. The SMILES string of the molecule is C=C(C)C(=O)OC12CC3CC(C1)C(C(=O)OCCC(F)(F)CS(=O)(=O)O)C(C3)C2. The fourth-order valence-electron chi connectivity index (χ4n) is 5.48. The van der Waals surface area contributed by atoms with E-state index in [1.54, 1.807) is 6.92 Å². The highest BCUT2D eigenvalue weighted by Crippen LogP contribution is 2.60. The number of alkyl halides is 2. The van der Waals surface area contributed by atoms with Gasteiger partial charge in [-0.1, -0.05) is 6.58 Å². The molecule has 4 bridgehead atoms. The van der Waals surface area contributed by atoms with E-state index in [2.05, 4.69) is 6.58 Å². The lowest BCUT2D eigenvalue weighted by Crippen LogP contribution is -2.58. The summed E-state index contributed by atoms with van der Waals surface area (Å²) in [5.41, 5.74) is -0.270. The zero-order valence-electron chi connectivity index (χ0n) is 16.2. The van der Waals surface area contributed by atoms with Crippen LogP contribution in [0, 0.1) is 23.7 Å². The molecule has 0 aromatic carbocycles. The molecule has 0 aliphatic heterocycles. The van der Waals surface area contributed by atoms with Crippen molar-refractivity contribution in [2.45, 2.75) is 57.0 Å². The van der Waals surface area contributed by atoms with Gasteiger partial charge < -0.3 is 9.47 Å². The molecule has 0 radical (unpaired) electrons. The highest BCUT2D eigenvalue weighted by molar-refractivity contribution is 7.85. The topological polar surface area (TPSA) is 107 Å². The maximum Gasteiger partial charge on any atom is 0.333 e. The summed E-state index contributed by atoms with van der Waals surface area (Å²) in [6.07, 6.45) is 2.48. The van der Waals surface area contributed by atoms with Crippen molar-refractivity contribution in [2.75, 3.05) is 12.4 Å². The van der Waals surface area contributed by atoms with Gasteiger partial charge in [0, 0.05) is 12.0 Å². The molecule has 0 saturated heterocycles. The molecule has 7 nitrogen and oxygen atoms in total. The lowest BCUT2D eigenvalue weighted by atomic mass is 9.50. The van der Waals surface area contributed by atoms with E-state index >= 15 is 0 Å². The standard InChI is InChI=1S/C19H26F2O7S/c1-11(2)16(22)28-18-7-12-5-13(8-18)15(14(6-12)9-18)17(23)27-4-3-19(20,21)10-29(24,25)26/h12-15H,1,3-10H2,2H3,(H,24,25,26). The molecule has 0 heterocycles. The van der Waals surface area contributed by atoms with Gasteiger partial charge >= 0.3 is 11.9 Å². The van der Waals surface area contributed by atoms with Gasteiger partial charge in [0.1, 0.15) is 11.4 Å². The minimum absolute atomic E-state index is 0.0370. The summed E-state index contributed by atoms with van der Waals surface area (Å²) in [7, 11) is -4.83. The second kappa shape index (κ2) is 7.61. The molecule has 0 aromatic rings. The smallest absolute Gasteiger partial charge is 0.333 e. The number of ether oxygens (including phenoxy) is 2. The van der Waals surface area contributed by atoms with Crippen LogP contribution >= 0.6 is 0 Å². The Hall–Kier alpha value is -1.55. The summed E-state index contributed by atoms with van der Waals surface area (Å²) in [5.74, 6) is -6.54. The number of esters is 2. The van der Waals surface area contributed by atoms with Crippen LogP contribution in [0.1, 0.15) is 45.4 Å². The van der Waals surface area contributed by atoms with Crippen molar-refractivity contribution < 1.29 is 40.8 Å². The third kappa shape index (κ3) is 5.14. The fourth-order valence-corrected chi connectivity index (χ4v) is 6.16. The zero-order valence-corrected chi connectivity index (χ0v) is 17.1. The Bertz CT molecular complexity index is 791. The summed E-state index contributed by atoms with van der Waals surface area (Å²) >= 11 is 0. The molecule has 4 fully saturated rings. The van der Waals surface area contributed by atoms with Crippen LogP contribution in [0.15, 0.2) is 12.2 Å². The van der Waals surface area contributed by atoms with Crippen molar-refractivity contribution in [1.82, 2.24) is 0 Å². The Kier molecular flexibility index (Phi) is 5.81. The minimum Gasteiger partial charge on any atom is -0.465 e. The van der Waals surface area contributed by atoms with Crippen LogP contribution in [-0.2, 0) is 29.2 Å². The van der Waals surface area contributed by atoms with E-state index in [0.29, 0.717) is 24.3 Å². The van der Waals surface area contributed by atoms with Gasteiger partial charge in [0.05, 0.1) is 12.5 Å². The average molecular weight is 436 g/mol. The van der Waals surface area contributed by atoms with Gasteiger partial charge in [-0.05, 0) is 56.8 Å². The van der Waals surface area contributed by atoms with E-state index in [1.165, 1.54) is 0 Å². The maximum absolute atomic E-state index is 13.6. The van der Waals surface area contributed by atoms with Crippen molar-refractivity contribution in [3.63, 3.8) is 0 Å². The largest absolute Gasteiger partial charge is 0.465 e. The Morgan fingerprint density at radius 3 is 2.31 bits per heavy atom. The molecule has 164 valence electrons. The molecular weight excluding hydrogens is 410 g/mol. The summed E-state index contributed by atoms with van der Waals surface area (Å²) < 4.78 is 67.7. The molecule has 0 spiro atoms. The molecule has 4 saturated carbocycles. The Balaban J connectivity index is 1.58. The van der Waals surface area contributed by atoms with Crippen LogP contribution in [0.2, 0.25) is 0 Å². The summed E-state index contributed by atoms with van der Waals surface area (Å²) in [6.45, 7) is 4.56. The van der Waals surface area contributed by atoms with Gasteiger partial charge in [-0.15, -0.1) is 0 Å². The highest BCUT2D eigenvalue weighted by Gasteiger charge is 2.59. The van der Waals surface area contributed by atoms with Gasteiger partial charge in [0.25, 0.3) is 16.0 Å². The van der Waals surface area contributed by atoms with Crippen molar-refractivity contribution in [1.29, 1.82) is 0 Å². The fraction of sp³-hybridized carbons (Fsp3) is 0.789. The Morgan fingerprint density at radius 1 is 1.21 bits per heavy atom. The monoisotopic (exact) mass is 436 g/mol. The van der Waals surface area contributed by atoms with Crippen LogP contribution in [-0.4, -0.2) is 48.8 Å². The number of rotatable bonds is 8. The van der Waals surface area contributed by atoms with Crippen LogP contribution in [0.4, 0.5) is 8.78 Å². The molecule has 0 aromatic heterocycles. The first kappa shape index (κ1) is 22.1. The Morgan fingerprint density at radius 2 is 1.79 bits per heavy atom. The molecule has 1 N–H and O–H groups in total. The van der Waals surface area contributed by atoms with E-state index in [9.17, 15) is 26.8 Å². The van der Waals surface area contributed by atoms with Crippen molar-refractivity contribution in [3.8, 4) is 0 Å². The first-order valence-electron chi connectivity index (χ1n) is 9.68. The van der Waals surface area contributed by atoms with Gasteiger partial charge in [0.2, 0.25) is 0 Å². The molecule has 2 unspecified atom stereocenters. The zero-order chi connectivity index (χ0) is 21.6. The first-order valence-corrected chi connectivity index (χ1v) is 11.3. The number of hydrogen-bond donors (Lipinski definition) is 1. The molecular formula is C19H26F2O7S. The van der Waals surface area contributed by atoms with Crippen molar-refractivity contribution >= 4 is 22.1 Å². The number of hydrogen-bond acceptors (Lipinski definition) is 6. The van der Waals surface area contributed by atoms with E-state index in [-0.39, 0.29) is 11.8 Å². The van der Waals surface area contributed by atoms with E-state index in [1.807, 2.05) is 0 Å². The van der Waals surface area contributed by atoms with Crippen molar-refractivity contribution in [3.05, 3.63) is 12.2 Å². The normalized spacial score (nSPS) is 33.4. The minimum atomic E-state index is -4.83. The number of carbonyl (C=O) groups is 2. The average Bonchev–Trinajstić information content (AvgIpc) is 2.50. The summed E-state index contributed by atoms with van der Waals surface area (Å²) in [5, 5.41) is 0. The van der Waals surface area contributed by atoms with E-state index in [4.69, 9.17) is 14.0 Å². The van der Waals surface area contributed by atoms with E-state index < -0.39 is 58.3 Å². The molecule has 2 atom stereocenters. The van der Waals surface area contributed by atoms with Gasteiger partial charge in [0.15, 0.2) is 0 Å². The quantitative estimate of drug-likeness (QED) is 0.354. The van der Waals surface area contributed by atoms with Gasteiger partial charge in [-0.25, -0.2) is 13.6 Å². The second-order valence-electron chi connectivity index (χ2n) is 8.85. The number of halogens is 2. The van der Waals surface area contributed by atoms with Crippen LogP contribution in [0.25, 0.3) is 0 Å². The lowest BCUT2D eigenvalue weighted by Gasteiger charge is -2.58. The third-order valence-electron chi connectivity index (χ3n) is 6.25. The van der Waals surface area contributed by atoms with Crippen LogP contribution in [0.5, 0.6) is 0 Å². The van der Waals surface area contributed by atoms with Crippen LogP contribution < -0.4 is 0 Å². The van der Waals surface area contributed by atoms with Gasteiger partial charge in [-0.3, -0.25) is 9.35 Å². The maximum atomic E-state index is 13.6. The van der Waals surface area contributed by atoms with Crippen LogP contribution in [0.3, 0.4) is 0 Å².